The van der Waals surface area contributed by atoms with Crippen LogP contribution >= 0.6 is 11.6 Å². The molecule has 0 bridgehead atoms. The van der Waals surface area contributed by atoms with Gasteiger partial charge in [-0.1, -0.05) is 23.2 Å². The van der Waals surface area contributed by atoms with E-state index in [1.165, 1.54) is 12.1 Å². The van der Waals surface area contributed by atoms with Crippen LogP contribution in [0.5, 0.6) is 0 Å². The molecule has 0 radical (unpaired) electrons. The summed E-state index contributed by atoms with van der Waals surface area (Å²) >= 11 is 6.13. The maximum atomic E-state index is 13.9. The summed E-state index contributed by atoms with van der Waals surface area (Å²) < 4.78 is 27.6. The zero-order valence-electron chi connectivity index (χ0n) is 11.4. The van der Waals surface area contributed by atoms with Crippen LogP contribution in [0.3, 0.4) is 0 Å². The Kier molecular flexibility index (Phi) is 3.33. The van der Waals surface area contributed by atoms with E-state index < -0.39 is 5.82 Å². The van der Waals surface area contributed by atoms with E-state index in [2.05, 4.69) is 9.97 Å². The first kappa shape index (κ1) is 13.9. The molecule has 0 atom stereocenters. The third-order valence-electron chi connectivity index (χ3n) is 3.29. The second-order valence-corrected chi connectivity index (χ2v) is 5.30. The lowest BCUT2D eigenvalue weighted by atomic mass is 10.1. The van der Waals surface area contributed by atoms with Gasteiger partial charge in [0.1, 0.15) is 16.8 Å². The average molecular weight is 305 g/mol. The minimum absolute atomic E-state index is 0.150. The Morgan fingerprint density at radius 2 is 1.71 bits per heavy atom. The van der Waals surface area contributed by atoms with E-state index in [0.29, 0.717) is 16.5 Å². The van der Waals surface area contributed by atoms with Crippen LogP contribution in [0.4, 0.5) is 8.78 Å². The van der Waals surface area contributed by atoms with Gasteiger partial charge in [0.05, 0.1) is 11.1 Å². The quantitative estimate of drug-likeness (QED) is 0.601. The Morgan fingerprint density at radius 1 is 0.952 bits per heavy atom. The predicted octanol–water partition coefficient (Wildman–Crippen LogP) is 4.85. The van der Waals surface area contributed by atoms with E-state index in [-0.39, 0.29) is 22.4 Å². The van der Waals surface area contributed by atoms with E-state index in [1.54, 1.807) is 25.1 Å². The van der Waals surface area contributed by atoms with Crippen molar-refractivity contribution < 1.29 is 8.78 Å². The molecule has 3 aromatic rings. The van der Waals surface area contributed by atoms with Crippen LogP contribution < -0.4 is 0 Å². The number of hydrogen-bond acceptors (Lipinski definition) is 2. The molecule has 106 valence electrons. The molecule has 5 heteroatoms. The summed E-state index contributed by atoms with van der Waals surface area (Å²) in [5.41, 5.74) is 1.94. The van der Waals surface area contributed by atoms with Gasteiger partial charge in [0.15, 0.2) is 5.82 Å². The molecular weight excluding hydrogens is 294 g/mol. The number of fused-ring (bicyclic) bond motifs is 1. The maximum absolute atomic E-state index is 13.9. The van der Waals surface area contributed by atoms with Crippen LogP contribution in [0.25, 0.3) is 22.3 Å². The van der Waals surface area contributed by atoms with Crippen molar-refractivity contribution in [3.8, 4) is 11.4 Å². The number of hydrogen-bond donors (Lipinski definition) is 0. The first-order chi connectivity index (χ1) is 9.95. The third kappa shape index (κ3) is 2.47. The van der Waals surface area contributed by atoms with Crippen LogP contribution in [0.2, 0.25) is 5.15 Å². The number of nitrogens with zero attached hydrogens (tertiary/aromatic N) is 2. The van der Waals surface area contributed by atoms with Crippen molar-refractivity contribution in [3.63, 3.8) is 0 Å². The number of benzene rings is 2. The normalized spacial score (nSPS) is 11.1. The highest BCUT2D eigenvalue weighted by Crippen LogP contribution is 2.28. The van der Waals surface area contributed by atoms with Gasteiger partial charge < -0.3 is 0 Å². The van der Waals surface area contributed by atoms with Crippen LogP contribution in [0, 0.1) is 25.5 Å². The monoisotopic (exact) mass is 304 g/mol. The highest BCUT2D eigenvalue weighted by atomic mass is 35.5. The third-order valence-corrected chi connectivity index (χ3v) is 3.58. The van der Waals surface area contributed by atoms with Crippen molar-refractivity contribution in [1.82, 2.24) is 9.97 Å². The number of rotatable bonds is 1. The number of aromatic nitrogens is 2. The maximum Gasteiger partial charge on any atom is 0.164 e. The summed E-state index contributed by atoms with van der Waals surface area (Å²) in [4.78, 5) is 8.37. The van der Waals surface area contributed by atoms with Gasteiger partial charge in [-0.25, -0.2) is 18.7 Å². The molecular formula is C16H11ClF2N2. The largest absolute Gasteiger partial charge is 0.228 e. The van der Waals surface area contributed by atoms with Gasteiger partial charge >= 0.3 is 0 Å². The Bertz CT molecular complexity index is 863. The Labute approximate surface area is 125 Å². The first-order valence-electron chi connectivity index (χ1n) is 6.35. The predicted molar refractivity (Wildman–Crippen MR) is 79.4 cm³/mol. The van der Waals surface area contributed by atoms with Gasteiger partial charge in [-0.2, -0.15) is 0 Å². The van der Waals surface area contributed by atoms with Crippen molar-refractivity contribution >= 4 is 22.5 Å². The van der Waals surface area contributed by atoms with Gasteiger partial charge in [0.25, 0.3) is 0 Å². The topological polar surface area (TPSA) is 25.8 Å². The van der Waals surface area contributed by atoms with Crippen LogP contribution in [0.15, 0.2) is 30.3 Å². The average Bonchev–Trinajstić information content (AvgIpc) is 2.43. The smallest absolute Gasteiger partial charge is 0.164 e. The standard InChI is InChI=1S/C16H11ClF2N2/c1-8-3-4-12(18)10(5-8)16-20-14-7-13(19)9(2)6-11(14)15(17)21-16/h3-7H,1-2H3. The Balaban J connectivity index is 2.30. The van der Waals surface area contributed by atoms with Gasteiger partial charge in [-0.3, -0.25) is 0 Å². The molecule has 0 spiro atoms. The Morgan fingerprint density at radius 3 is 2.48 bits per heavy atom. The SMILES string of the molecule is Cc1ccc(F)c(-c2nc(Cl)c3cc(C)c(F)cc3n2)c1. The van der Waals surface area contributed by atoms with Crippen molar-refractivity contribution in [1.29, 1.82) is 0 Å². The van der Waals surface area contributed by atoms with E-state index in [1.807, 2.05) is 6.92 Å². The summed E-state index contributed by atoms with van der Waals surface area (Å²) in [6.07, 6.45) is 0. The van der Waals surface area contributed by atoms with Crippen LogP contribution in [-0.2, 0) is 0 Å². The number of aryl methyl sites for hydroxylation is 2. The van der Waals surface area contributed by atoms with E-state index in [9.17, 15) is 8.78 Å². The molecule has 0 N–H and O–H groups in total. The summed E-state index contributed by atoms with van der Waals surface area (Å²) in [7, 11) is 0. The van der Waals surface area contributed by atoms with E-state index in [0.717, 1.165) is 5.56 Å². The minimum atomic E-state index is -0.441. The van der Waals surface area contributed by atoms with Crippen molar-refractivity contribution in [3.05, 3.63) is 58.2 Å². The number of halogens is 3. The van der Waals surface area contributed by atoms with Gasteiger partial charge in [-0.15, -0.1) is 0 Å². The summed E-state index contributed by atoms with van der Waals surface area (Å²) in [5, 5.41) is 0.728. The molecule has 0 amide bonds. The summed E-state index contributed by atoms with van der Waals surface area (Å²) in [5.74, 6) is -0.673. The van der Waals surface area contributed by atoms with Crippen molar-refractivity contribution in [2.45, 2.75) is 13.8 Å². The molecule has 0 saturated carbocycles. The fourth-order valence-corrected chi connectivity index (χ4v) is 2.38. The van der Waals surface area contributed by atoms with E-state index in [4.69, 9.17) is 11.6 Å². The molecule has 0 fully saturated rings. The fraction of sp³-hybridized carbons (Fsp3) is 0.125. The molecule has 21 heavy (non-hydrogen) atoms. The minimum Gasteiger partial charge on any atom is -0.228 e. The second-order valence-electron chi connectivity index (χ2n) is 4.94. The molecule has 0 aliphatic carbocycles. The van der Waals surface area contributed by atoms with Gasteiger partial charge in [0.2, 0.25) is 0 Å². The summed E-state index contributed by atoms with van der Waals surface area (Å²) in [6.45, 7) is 3.48. The highest BCUT2D eigenvalue weighted by Gasteiger charge is 2.13. The molecule has 1 aromatic heterocycles. The lowest BCUT2D eigenvalue weighted by molar-refractivity contribution is 0.620. The lowest BCUT2D eigenvalue weighted by Crippen LogP contribution is -1.96. The van der Waals surface area contributed by atoms with E-state index >= 15 is 0 Å². The zero-order valence-corrected chi connectivity index (χ0v) is 12.2. The first-order valence-corrected chi connectivity index (χ1v) is 6.73. The molecule has 0 aliphatic rings. The lowest BCUT2D eigenvalue weighted by Gasteiger charge is -2.07. The molecule has 0 aliphatic heterocycles. The molecule has 1 heterocycles. The summed E-state index contributed by atoms with van der Waals surface area (Å²) in [6, 6.07) is 7.52. The highest BCUT2D eigenvalue weighted by molar-refractivity contribution is 6.34. The zero-order chi connectivity index (χ0) is 15.1. The fourth-order valence-electron chi connectivity index (χ4n) is 2.15. The van der Waals surface area contributed by atoms with Crippen LogP contribution in [0.1, 0.15) is 11.1 Å². The van der Waals surface area contributed by atoms with Gasteiger partial charge in [0, 0.05) is 11.5 Å². The van der Waals surface area contributed by atoms with Crippen molar-refractivity contribution in [2.75, 3.05) is 0 Å². The molecule has 0 unspecified atom stereocenters. The Hall–Kier alpha value is -2.07. The second kappa shape index (κ2) is 5.04. The molecule has 2 nitrogen and oxygen atoms in total. The molecule has 0 saturated heterocycles. The molecule has 3 rings (SSSR count). The van der Waals surface area contributed by atoms with Crippen molar-refractivity contribution in [2.24, 2.45) is 0 Å². The molecule has 2 aromatic carbocycles. The van der Waals surface area contributed by atoms with Crippen LogP contribution in [-0.4, -0.2) is 9.97 Å². The van der Waals surface area contributed by atoms with Gasteiger partial charge in [-0.05, 0) is 37.6 Å².